The van der Waals surface area contributed by atoms with Crippen LogP contribution in [0, 0.1) is 3.57 Å². The molecule has 70 valence electrons. The van der Waals surface area contributed by atoms with E-state index in [0.717, 1.165) is 15.1 Å². The van der Waals surface area contributed by atoms with Crippen molar-refractivity contribution in [3.63, 3.8) is 0 Å². The van der Waals surface area contributed by atoms with Crippen LogP contribution >= 0.6 is 22.6 Å². The smallest absolute Gasteiger partial charge is 0.135 e. The van der Waals surface area contributed by atoms with Gasteiger partial charge in [0.25, 0.3) is 0 Å². The van der Waals surface area contributed by atoms with Crippen molar-refractivity contribution in [2.75, 3.05) is 7.11 Å². The lowest BCUT2D eigenvalue weighted by atomic mass is 10.3. The lowest BCUT2D eigenvalue weighted by molar-refractivity contribution is 0.300. The molecule has 0 bridgehead atoms. The summed E-state index contributed by atoms with van der Waals surface area (Å²) in [5, 5.41) is 0. The molecule has 1 aromatic carbocycles. The van der Waals surface area contributed by atoms with Crippen molar-refractivity contribution in [1.82, 2.24) is 0 Å². The number of rotatable bonds is 3. The average Bonchev–Trinajstić information content (AvgIpc) is 2.92. The fourth-order valence-corrected chi connectivity index (χ4v) is 1.65. The fourth-order valence-electron chi connectivity index (χ4n) is 1.09. The maximum absolute atomic E-state index is 5.64. The second-order valence-corrected chi connectivity index (χ2v) is 4.28. The van der Waals surface area contributed by atoms with Gasteiger partial charge in [-0.25, -0.2) is 0 Å². The molecule has 1 aromatic rings. The van der Waals surface area contributed by atoms with E-state index in [2.05, 4.69) is 22.6 Å². The highest BCUT2D eigenvalue weighted by Crippen LogP contribution is 2.31. The minimum atomic E-state index is 0.449. The normalized spacial score (nSPS) is 15.5. The first-order valence-corrected chi connectivity index (χ1v) is 5.37. The molecule has 1 aliphatic carbocycles. The number of halogens is 1. The molecule has 0 unspecified atom stereocenters. The molecule has 13 heavy (non-hydrogen) atoms. The predicted octanol–water partition coefficient (Wildman–Crippen LogP) is 2.84. The van der Waals surface area contributed by atoms with E-state index in [1.165, 1.54) is 12.8 Å². The maximum atomic E-state index is 5.64. The zero-order valence-electron chi connectivity index (χ0n) is 7.42. The first kappa shape index (κ1) is 9.12. The van der Waals surface area contributed by atoms with Gasteiger partial charge in [0.1, 0.15) is 11.5 Å². The zero-order chi connectivity index (χ0) is 9.26. The SMILES string of the molecule is COc1cc(OC2CC2)ccc1I. The molecule has 0 saturated heterocycles. The van der Waals surface area contributed by atoms with Gasteiger partial charge in [-0.15, -0.1) is 0 Å². The Morgan fingerprint density at radius 2 is 2.15 bits per heavy atom. The Morgan fingerprint density at radius 3 is 2.77 bits per heavy atom. The highest BCUT2D eigenvalue weighted by molar-refractivity contribution is 14.1. The number of hydrogen-bond donors (Lipinski definition) is 0. The van der Waals surface area contributed by atoms with Gasteiger partial charge in [-0.1, -0.05) is 0 Å². The third-order valence-electron chi connectivity index (χ3n) is 1.95. The van der Waals surface area contributed by atoms with Gasteiger partial charge in [0.15, 0.2) is 0 Å². The molecule has 0 aliphatic heterocycles. The van der Waals surface area contributed by atoms with Gasteiger partial charge in [0, 0.05) is 6.07 Å². The van der Waals surface area contributed by atoms with Crippen LogP contribution in [-0.4, -0.2) is 13.2 Å². The van der Waals surface area contributed by atoms with Crippen LogP contribution in [0.15, 0.2) is 18.2 Å². The topological polar surface area (TPSA) is 18.5 Å². The molecule has 1 aliphatic rings. The predicted molar refractivity (Wildman–Crippen MR) is 59.4 cm³/mol. The minimum Gasteiger partial charge on any atom is -0.496 e. The van der Waals surface area contributed by atoms with Crippen molar-refractivity contribution < 1.29 is 9.47 Å². The molecule has 1 fully saturated rings. The van der Waals surface area contributed by atoms with Crippen LogP contribution in [0.1, 0.15) is 12.8 Å². The fraction of sp³-hybridized carbons (Fsp3) is 0.400. The second-order valence-electron chi connectivity index (χ2n) is 3.11. The van der Waals surface area contributed by atoms with E-state index in [1.54, 1.807) is 7.11 Å². The molecule has 2 rings (SSSR count). The lowest BCUT2D eigenvalue weighted by Gasteiger charge is -2.07. The summed E-state index contributed by atoms with van der Waals surface area (Å²) < 4.78 is 12.0. The molecule has 0 radical (unpaired) electrons. The Hall–Kier alpha value is -0.450. The van der Waals surface area contributed by atoms with Crippen LogP contribution in [0.4, 0.5) is 0 Å². The summed E-state index contributed by atoms with van der Waals surface area (Å²) >= 11 is 2.25. The number of hydrogen-bond acceptors (Lipinski definition) is 2. The van der Waals surface area contributed by atoms with E-state index in [4.69, 9.17) is 9.47 Å². The van der Waals surface area contributed by atoms with Gasteiger partial charge in [-0.3, -0.25) is 0 Å². The highest BCUT2D eigenvalue weighted by Gasteiger charge is 2.23. The van der Waals surface area contributed by atoms with E-state index in [1.807, 2.05) is 18.2 Å². The summed E-state index contributed by atoms with van der Waals surface area (Å²) in [6.45, 7) is 0. The summed E-state index contributed by atoms with van der Waals surface area (Å²) in [4.78, 5) is 0. The lowest BCUT2D eigenvalue weighted by Crippen LogP contribution is -1.96. The van der Waals surface area contributed by atoms with Crippen LogP contribution in [0.3, 0.4) is 0 Å². The molecule has 1 saturated carbocycles. The Labute approximate surface area is 91.4 Å². The first-order chi connectivity index (χ1) is 6.29. The van der Waals surface area contributed by atoms with Crippen LogP contribution < -0.4 is 9.47 Å². The first-order valence-electron chi connectivity index (χ1n) is 4.30. The summed E-state index contributed by atoms with van der Waals surface area (Å²) in [5.41, 5.74) is 0. The van der Waals surface area contributed by atoms with Crippen molar-refractivity contribution >= 4 is 22.6 Å². The van der Waals surface area contributed by atoms with Crippen molar-refractivity contribution in [3.05, 3.63) is 21.8 Å². The number of benzene rings is 1. The van der Waals surface area contributed by atoms with Gasteiger partial charge >= 0.3 is 0 Å². The van der Waals surface area contributed by atoms with E-state index < -0.39 is 0 Å². The highest BCUT2D eigenvalue weighted by atomic mass is 127. The van der Waals surface area contributed by atoms with E-state index in [-0.39, 0.29) is 0 Å². The molecule has 0 aromatic heterocycles. The van der Waals surface area contributed by atoms with Crippen molar-refractivity contribution in [3.8, 4) is 11.5 Å². The maximum Gasteiger partial charge on any atom is 0.135 e. The van der Waals surface area contributed by atoms with Crippen molar-refractivity contribution in [2.45, 2.75) is 18.9 Å². The Bertz CT molecular complexity index is 308. The minimum absolute atomic E-state index is 0.449. The van der Waals surface area contributed by atoms with E-state index in [9.17, 15) is 0 Å². The third kappa shape index (κ3) is 2.27. The Morgan fingerprint density at radius 1 is 1.38 bits per heavy atom. The molecule has 0 N–H and O–H groups in total. The number of ether oxygens (including phenoxy) is 2. The summed E-state index contributed by atoms with van der Waals surface area (Å²) in [6, 6.07) is 5.94. The standard InChI is InChI=1S/C10H11IO2/c1-12-10-6-8(4-5-9(10)11)13-7-2-3-7/h4-7H,2-3H2,1H3. The molecule has 0 amide bonds. The molecule has 0 heterocycles. The zero-order valence-corrected chi connectivity index (χ0v) is 9.58. The third-order valence-corrected chi connectivity index (χ3v) is 2.84. The van der Waals surface area contributed by atoms with Gasteiger partial charge in [0.2, 0.25) is 0 Å². The molecule has 3 heteroatoms. The van der Waals surface area contributed by atoms with Crippen molar-refractivity contribution in [1.29, 1.82) is 0 Å². The number of methoxy groups -OCH3 is 1. The van der Waals surface area contributed by atoms with Crippen LogP contribution in [0.2, 0.25) is 0 Å². The molecule has 0 atom stereocenters. The van der Waals surface area contributed by atoms with E-state index in [0.29, 0.717) is 6.10 Å². The summed E-state index contributed by atoms with van der Waals surface area (Å²) in [7, 11) is 1.68. The summed E-state index contributed by atoms with van der Waals surface area (Å²) in [5.74, 6) is 1.80. The average molecular weight is 290 g/mol. The quantitative estimate of drug-likeness (QED) is 0.797. The molecular weight excluding hydrogens is 279 g/mol. The van der Waals surface area contributed by atoms with Gasteiger partial charge in [-0.2, -0.15) is 0 Å². The van der Waals surface area contributed by atoms with Crippen LogP contribution in [0.5, 0.6) is 11.5 Å². The molecule has 2 nitrogen and oxygen atoms in total. The van der Waals surface area contributed by atoms with Gasteiger partial charge in [-0.05, 0) is 47.6 Å². The van der Waals surface area contributed by atoms with E-state index >= 15 is 0 Å². The molecular formula is C10H11IO2. The Kier molecular flexibility index (Phi) is 2.62. The van der Waals surface area contributed by atoms with Crippen molar-refractivity contribution in [2.24, 2.45) is 0 Å². The largest absolute Gasteiger partial charge is 0.496 e. The molecule has 0 spiro atoms. The van der Waals surface area contributed by atoms with Crippen LogP contribution in [-0.2, 0) is 0 Å². The van der Waals surface area contributed by atoms with Gasteiger partial charge < -0.3 is 9.47 Å². The second kappa shape index (κ2) is 3.74. The monoisotopic (exact) mass is 290 g/mol. The summed E-state index contributed by atoms with van der Waals surface area (Å²) in [6.07, 6.45) is 2.83. The Balaban J connectivity index is 2.16. The van der Waals surface area contributed by atoms with Gasteiger partial charge in [0.05, 0.1) is 16.8 Å². The van der Waals surface area contributed by atoms with Crippen LogP contribution in [0.25, 0.3) is 0 Å².